The third kappa shape index (κ3) is 3.75. The van der Waals surface area contributed by atoms with E-state index >= 15 is 0 Å². The number of ether oxygens (including phenoxy) is 1. The molecule has 0 aliphatic carbocycles. The van der Waals surface area contributed by atoms with Gasteiger partial charge < -0.3 is 10.1 Å². The van der Waals surface area contributed by atoms with Gasteiger partial charge in [-0.15, -0.1) is 11.3 Å². The van der Waals surface area contributed by atoms with Gasteiger partial charge in [0.25, 0.3) is 5.91 Å². The van der Waals surface area contributed by atoms with Gasteiger partial charge in [-0.05, 0) is 37.4 Å². The van der Waals surface area contributed by atoms with E-state index in [0.717, 1.165) is 10.2 Å². The average molecular weight is 443 g/mol. The summed E-state index contributed by atoms with van der Waals surface area (Å²) in [6.07, 6.45) is 1.46. The second kappa shape index (κ2) is 8.04. The number of benzene rings is 1. The van der Waals surface area contributed by atoms with Crippen molar-refractivity contribution in [3.8, 4) is 0 Å². The van der Waals surface area contributed by atoms with Gasteiger partial charge in [-0.1, -0.05) is 23.9 Å². The Morgan fingerprint density at radius 2 is 2.03 bits per heavy atom. The molecule has 0 bridgehead atoms. The molecule has 4 rings (SSSR count). The molecule has 2 aromatic heterocycles. The Hall–Kier alpha value is -2.98. The topological polar surface area (TPSA) is 101 Å². The van der Waals surface area contributed by atoms with Crippen LogP contribution in [0.3, 0.4) is 0 Å². The normalized spacial score (nSPS) is 14.9. The number of hydrogen-bond acceptors (Lipinski definition) is 8. The third-order valence-electron chi connectivity index (χ3n) is 4.67. The van der Waals surface area contributed by atoms with Crippen molar-refractivity contribution < 1.29 is 19.1 Å². The molecule has 0 saturated heterocycles. The number of carbonyl (C=O) groups is 3. The number of hydrogen-bond donors (Lipinski definition) is 1. The van der Waals surface area contributed by atoms with E-state index in [1.807, 2.05) is 11.4 Å². The first-order valence-corrected chi connectivity index (χ1v) is 10.9. The van der Waals surface area contributed by atoms with E-state index in [9.17, 15) is 14.4 Å². The second-order valence-corrected chi connectivity index (χ2v) is 8.89. The first kappa shape index (κ1) is 20.3. The van der Waals surface area contributed by atoms with Crippen LogP contribution in [0, 0.1) is 0 Å². The Balaban J connectivity index is 1.41. The van der Waals surface area contributed by atoms with Gasteiger partial charge in [0.05, 0.1) is 17.1 Å². The summed E-state index contributed by atoms with van der Waals surface area (Å²) in [6.45, 7) is 2.84. The van der Waals surface area contributed by atoms with Crippen molar-refractivity contribution in [2.45, 2.75) is 24.4 Å². The number of thioether (sulfide) groups is 1. The summed E-state index contributed by atoms with van der Waals surface area (Å²) in [5.41, 5.74) is -0.00284. The molecule has 0 spiro atoms. The van der Waals surface area contributed by atoms with E-state index in [-0.39, 0.29) is 11.7 Å². The number of carbonyl (C=O) groups excluding carboxylic acids is 3. The van der Waals surface area contributed by atoms with Crippen molar-refractivity contribution in [1.82, 2.24) is 9.97 Å². The molecule has 10 heteroatoms. The first-order chi connectivity index (χ1) is 14.4. The number of rotatable bonds is 5. The highest BCUT2D eigenvalue weighted by Gasteiger charge is 2.43. The summed E-state index contributed by atoms with van der Waals surface area (Å²) in [7, 11) is 0. The van der Waals surface area contributed by atoms with E-state index in [1.54, 1.807) is 38.1 Å². The smallest absolute Gasteiger partial charge is 0.316 e. The van der Waals surface area contributed by atoms with Crippen LogP contribution in [0.25, 0.3) is 10.2 Å². The fourth-order valence-corrected chi connectivity index (χ4v) is 4.73. The van der Waals surface area contributed by atoms with E-state index < -0.39 is 24.0 Å². The molecular weight excluding hydrogens is 424 g/mol. The summed E-state index contributed by atoms with van der Waals surface area (Å²) >= 11 is 2.73. The van der Waals surface area contributed by atoms with Crippen molar-refractivity contribution >= 4 is 62.5 Å². The van der Waals surface area contributed by atoms with Crippen LogP contribution in [0.2, 0.25) is 0 Å². The lowest BCUT2D eigenvalue weighted by molar-refractivity contribution is -0.145. The molecule has 3 heterocycles. The fourth-order valence-electron chi connectivity index (χ4n) is 3.16. The lowest BCUT2D eigenvalue weighted by atomic mass is 9.96. The Labute approximate surface area is 180 Å². The van der Waals surface area contributed by atoms with Gasteiger partial charge >= 0.3 is 5.97 Å². The van der Waals surface area contributed by atoms with Crippen LogP contribution >= 0.6 is 23.1 Å². The molecule has 0 atom stereocenters. The minimum absolute atomic E-state index is 0.00963. The van der Waals surface area contributed by atoms with Crippen LogP contribution in [0.15, 0.2) is 47.1 Å². The van der Waals surface area contributed by atoms with Crippen molar-refractivity contribution in [3.63, 3.8) is 0 Å². The highest BCUT2D eigenvalue weighted by atomic mass is 32.2. The summed E-state index contributed by atoms with van der Waals surface area (Å²) in [5.74, 6) is -1.30. The Kier molecular flexibility index (Phi) is 5.44. The molecule has 0 radical (unpaired) electrons. The number of aromatic nitrogens is 2. The highest BCUT2D eigenvalue weighted by Crippen LogP contribution is 2.36. The molecule has 0 saturated carbocycles. The number of fused-ring (bicyclic) bond motifs is 2. The quantitative estimate of drug-likeness (QED) is 0.368. The minimum Gasteiger partial charge on any atom is -0.455 e. The Morgan fingerprint density at radius 1 is 1.23 bits per heavy atom. The predicted octanol–water partition coefficient (Wildman–Crippen LogP) is 3.09. The van der Waals surface area contributed by atoms with Gasteiger partial charge in [-0.2, -0.15) is 0 Å². The molecule has 1 aliphatic heterocycles. The van der Waals surface area contributed by atoms with Crippen LogP contribution in [-0.2, 0) is 19.1 Å². The third-order valence-corrected chi connectivity index (χ3v) is 6.47. The highest BCUT2D eigenvalue weighted by molar-refractivity contribution is 8.00. The number of esters is 1. The van der Waals surface area contributed by atoms with Crippen molar-refractivity contribution in [1.29, 1.82) is 0 Å². The van der Waals surface area contributed by atoms with Gasteiger partial charge in [0.15, 0.2) is 6.61 Å². The monoisotopic (exact) mass is 442 g/mol. The van der Waals surface area contributed by atoms with Gasteiger partial charge in [0.2, 0.25) is 5.91 Å². The van der Waals surface area contributed by atoms with E-state index in [2.05, 4.69) is 15.3 Å². The Morgan fingerprint density at radius 3 is 2.87 bits per heavy atom. The van der Waals surface area contributed by atoms with E-state index in [0.29, 0.717) is 16.4 Å². The largest absolute Gasteiger partial charge is 0.455 e. The predicted molar refractivity (Wildman–Crippen MR) is 116 cm³/mol. The molecule has 8 nitrogen and oxygen atoms in total. The van der Waals surface area contributed by atoms with Crippen molar-refractivity contribution in [3.05, 3.63) is 42.0 Å². The van der Waals surface area contributed by atoms with Gasteiger partial charge in [0.1, 0.15) is 21.7 Å². The lowest BCUT2D eigenvalue weighted by Crippen LogP contribution is -2.59. The molecule has 1 aromatic carbocycles. The van der Waals surface area contributed by atoms with Crippen LogP contribution in [0.1, 0.15) is 13.8 Å². The van der Waals surface area contributed by atoms with E-state index in [1.165, 1.54) is 34.3 Å². The van der Waals surface area contributed by atoms with Crippen LogP contribution in [0.5, 0.6) is 0 Å². The molecule has 1 aliphatic rings. The standard InChI is InChI=1S/C20H18N4O4S2/c1-20(2)19(27)23-13-5-3-4-6-14(13)24(20)15(25)9-28-16(26)10-30-18-12-7-8-29-17(12)21-11-22-18/h3-8,11H,9-10H2,1-2H3,(H,23,27). The number of amides is 2. The molecule has 2 amide bonds. The van der Waals surface area contributed by atoms with Crippen LogP contribution in [-0.4, -0.2) is 45.7 Å². The maximum absolute atomic E-state index is 12.9. The molecule has 30 heavy (non-hydrogen) atoms. The lowest BCUT2D eigenvalue weighted by Gasteiger charge is -2.41. The zero-order valence-corrected chi connectivity index (χ0v) is 17.9. The van der Waals surface area contributed by atoms with Crippen LogP contribution < -0.4 is 10.2 Å². The molecule has 3 aromatic rings. The molecule has 0 fully saturated rings. The molecule has 154 valence electrons. The summed E-state index contributed by atoms with van der Waals surface area (Å²) in [5, 5.41) is 6.28. The number of thiophene rings is 1. The summed E-state index contributed by atoms with van der Waals surface area (Å²) < 4.78 is 5.19. The minimum atomic E-state index is -1.11. The summed E-state index contributed by atoms with van der Waals surface area (Å²) in [4.78, 5) is 48.1. The molecule has 0 unspecified atom stereocenters. The average Bonchev–Trinajstić information content (AvgIpc) is 3.20. The number of nitrogens with zero attached hydrogens (tertiary/aromatic N) is 3. The zero-order chi connectivity index (χ0) is 21.3. The van der Waals surface area contributed by atoms with Gasteiger partial charge in [0, 0.05) is 5.39 Å². The molecular formula is C20H18N4O4S2. The van der Waals surface area contributed by atoms with Gasteiger partial charge in [-0.3, -0.25) is 19.3 Å². The van der Waals surface area contributed by atoms with Gasteiger partial charge in [-0.25, -0.2) is 9.97 Å². The van der Waals surface area contributed by atoms with Crippen molar-refractivity contribution in [2.24, 2.45) is 0 Å². The van der Waals surface area contributed by atoms with Crippen LogP contribution in [0.4, 0.5) is 11.4 Å². The fraction of sp³-hybridized carbons (Fsp3) is 0.250. The number of para-hydroxylation sites is 2. The maximum Gasteiger partial charge on any atom is 0.316 e. The number of nitrogens with one attached hydrogen (secondary N) is 1. The molecule has 1 N–H and O–H groups in total. The zero-order valence-electron chi connectivity index (χ0n) is 16.2. The van der Waals surface area contributed by atoms with E-state index in [4.69, 9.17) is 4.74 Å². The van der Waals surface area contributed by atoms with Crippen molar-refractivity contribution in [2.75, 3.05) is 22.6 Å². The SMILES string of the molecule is CC1(C)C(=O)Nc2ccccc2N1C(=O)COC(=O)CSc1ncnc2sccc12. The second-order valence-electron chi connectivity index (χ2n) is 7.03. The number of anilines is 2. The summed E-state index contributed by atoms with van der Waals surface area (Å²) in [6, 6.07) is 8.92. The first-order valence-electron chi connectivity index (χ1n) is 9.08. The Bertz CT molecular complexity index is 1140. The maximum atomic E-state index is 12.9.